The number of rotatable bonds is 11. The molecule has 5 atom stereocenters. The number of halogens is 2. The Kier molecular flexibility index (Phi) is 10.2. The third kappa shape index (κ3) is 6.92. The van der Waals surface area contributed by atoms with Gasteiger partial charge in [0.25, 0.3) is 0 Å². The van der Waals surface area contributed by atoms with Crippen molar-refractivity contribution in [3.8, 4) is 5.75 Å². The number of likely N-dealkylation sites (tertiary alicyclic amines) is 1. The van der Waals surface area contributed by atoms with Crippen LogP contribution < -0.4 is 9.04 Å². The molecule has 3 aromatic carbocycles. The zero-order chi connectivity index (χ0) is 30.6. The number of hydrogen-bond acceptors (Lipinski definition) is 5. The highest BCUT2D eigenvalue weighted by molar-refractivity contribution is 7.80. The van der Waals surface area contributed by atoms with E-state index in [4.69, 9.17) is 27.9 Å². The van der Waals surface area contributed by atoms with Crippen LogP contribution in [-0.4, -0.2) is 50.3 Å². The van der Waals surface area contributed by atoms with Crippen LogP contribution in [0, 0.1) is 5.41 Å². The molecular formula is C31H33Cl2N2O6S-. The SMILES string of the molecule is CC[C@@H](CN(c1ccc(OC)cc1)S(=O)[O-])N1C(=O)[C@@](C)(CC(=O)O)C[C@H](c2cccc(Cl)c2)[C@H]1c1ccc(Cl)cc1. The van der Waals surface area contributed by atoms with Gasteiger partial charge in [0.1, 0.15) is 5.75 Å². The Bertz CT molecular complexity index is 1440. The molecule has 0 radical (unpaired) electrons. The summed E-state index contributed by atoms with van der Waals surface area (Å²) >= 11 is 9.97. The molecule has 1 aliphatic rings. The summed E-state index contributed by atoms with van der Waals surface area (Å²) in [5, 5.41) is 10.9. The third-order valence-electron chi connectivity index (χ3n) is 7.91. The summed E-state index contributed by atoms with van der Waals surface area (Å²) in [5.74, 6) is -1.20. The van der Waals surface area contributed by atoms with Crippen molar-refractivity contribution in [3.05, 3.63) is 94.0 Å². The molecule has 1 saturated heterocycles. The Morgan fingerprint density at radius 1 is 1.12 bits per heavy atom. The number of aliphatic carboxylic acids is 1. The van der Waals surface area contributed by atoms with Crippen LogP contribution in [0.15, 0.2) is 72.8 Å². The number of carboxylic acid groups (broad SMARTS) is 1. The molecule has 42 heavy (non-hydrogen) atoms. The summed E-state index contributed by atoms with van der Waals surface area (Å²) in [5.41, 5.74) is 0.810. The van der Waals surface area contributed by atoms with E-state index in [1.807, 2.05) is 37.3 Å². The number of carbonyl (C=O) groups is 2. The minimum absolute atomic E-state index is 0.0415. The van der Waals surface area contributed by atoms with E-state index in [0.717, 1.165) is 11.1 Å². The Balaban J connectivity index is 1.88. The maximum absolute atomic E-state index is 14.5. The number of piperidine rings is 1. The fourth-order valence-corrected chi connectivity index (χ4v) is 6.80. The van der Waals surface area contributed by atoms with Gasteiger partial charge in [0.05, 0.1) is 37.6 Å². The molecule has 1 heterocycles. The second-order valence-corrected chi connectivity index (χ2v) is 12.5. The van der Waals surface area contributed by atoms with Gasteiger partial charge in [-0.1, -0.05) is 61.3 Å². The predicted molar refractivity (Wildman–Crippen MR) is 164 cm³/mol. The zero-order valence-corrected chi connectivity index (χ0v) is 25.9. The molecule has 3 aromatic rings. The van der Waals surface area contributed by atoms with Crippen LogP contribution in [0.3, 0.4) is 0 Å². The van der Waals surface area contributed by atoms with Crippen LogP contribution in [0.5, 0.6) is 5.75 Å². The average Bonchev–Trinajstić information content (AvgIpc) is 2.95. The lowest BCUT2D eigenvalue weighted by atomic mass is 9.67. The van der Waals surface area contributed by atoms with E-state index in [-0.39, 0.29) is 31.2 Å². The topological polar surface area (TPSA) is 110 Å². The van der Waals surface area contributed by atoms with Gasteiger partial charge >= 0.3 is 5.97 Å². The van der Waals surface area contributed by atoms with Crippen molar-refractivity contribution in [1.82, 2.24) is 4.90 Å². The molecule has 0 spiro atoms. The Morgan fingerprint density at radius 2 is 1.79 bits per heavy atom. The summed E-state index contributed by atoms with van der Waals surface area (Å²) in [4.78, 5) is 28.2. The number of hydrogen-bond donors (Lipinski definition) is 1. The Labute approximate surface area is 258 Å². The number of methoxy groups -OCH3 is 1. The molecule has 8 nitrogen and oxygen atoms in total. The molecule has 224 valence electrons. The molecule has 1 fully saturated rings. The Hall–Kier alpha value is -3.11. The summed E-state index contributed by atoms with van der Waals surface area (Å²) < 4.78 is 31.5. The summed E-state index contributed by atoms with van der Waals surface area (Å²) in [6.07, 6.45) is 0.290. The van der Waals surface area contributed by atoms with E-state index in [1.165, 1.54) is 11.4 Å². The van der Waals surface area contributed by atoms with Crippen LogP contribution in [-0.2, 0) is 20.9 Å². The molecule has 1 amide bonds. The molecule has 1 unspecified atom stereocenters. The lowest BCUT2D eigenvalue weighted by molar-refractivity contribution is -0.160. The van der Waals surface area contributed by atoms with Crippen molar-refractivity contribution in [2.75, 3.05) is 18.0 Å². The van der Waals surface area contributed by atoms with Crippen molar-refractivity contribution in [3.63, 3.8) is 0 Å². The lowest BCUT2D eigenvalue weighted by Gasteiger charge is -2.52. The predicted octanol–water partition coefficient (Wildman–Crippen LogP) is 6.62. The third-order valence-corrected chi connectivity index (χ3v) is 9.12. The van der Waals surface area contributed by atoms with Crippen molar-refractivity contribution < 1.29 is 28.2 Å². The molecular weight excluding hydrogens is 599 g/mol. The first-order valence-electron chi connectivity index (χ1n) is 13.5. The summed E-state index contributed by atoms with van der Waals surface area (Å²) in [6.45, 7) is 3.51. The van der Waals surface area contributed by atoms with Gasteiger partial charge in [-0.15, -0.1) is 0 Å². The van der Waals surface area contributed by atoms with Gasteiger partial charge < -0.3 is 23.6 Å². The molecule has 1 N–H and O–H groups in total. The van der Waals surface area contributed by atoms with Crippen molar-refractivity contribution in [2.45, 2.75) is 51.1 Å². The standard InChI is InChI=1S/C31H34Cl2N2O6S/c1-4-24(19-34(42(39)40)25-12-14-26(41-3)15-13-25)35-29(20-8-10-22(32)11-9-20)27(21-6-5-7-23(33)16-21)17-31(2,30(35)38)18-28(36)37/h5-16,24,27,29H,4,17-19H2,1-3H3,(H,36,37)(H,39,40)/p-1/t24-,27+,29+,31+/m0/s1. The number of nitrogens with zero attached hydrogens (tertiary/aromatic N) is 2. The van der Waals surface area contributed by atoms with Gasteiger partial charge in [0, 0.05) is 32.9 Å². The van der Waals surface area contributed by atoms with Crippen molar-refractivity contribution in [1.29, 1.82) is 0 Å². The maximum atomic E-state index is 14.5. The quantitative estimate of drug-likeness (QED) is 0.238. The molecule has 0 saturated carbocycles. The first-order valence-corrected chi connectivity index (χ1v) is 15.3. The number of carboxylic acids is 1. The number of anilines is 1. The van der Waals surface area contributed by atoms with Gasteiger partial charge in [-0.05, 0) is 72.5 Å². The first-order chi connectivity index (χ1) is 20.0. The van der Waals surface area contributed by atoms with Crippen LogP contribution >= 0.6 is 23.2 Å². The number of benzene rings is 3. The lowest BCUT2D eigenvalue weighted by Crippen LogP contribution is -2.58. The molecule has 1 aliphatic heterocycles. The largest absolute Gasteiger partial charge is 0.755 e. The summed E-state index contributed by atoms with van der Waals surface area (Å²) in [7, 11) is 1.52. The first kappa shape index (κ1) is 31.8. The van der Waals surface area contributed by atoms with Crippen LogP contribution in [0.25, 0.3) is 0 Å². The second kappa shape index (κ2) is 13.5. The van der Waals surface area contributed by atoms with Gasteiger partial charge in [-0.25, -0.2) is 0 Å². The molecule has 4 rings (SSSR count). The Morgan fingerprint density at radius 3 is 2.33 bits per heavy atom. The maximum Gasteiger partial charge on any atom is 0.304 e. The van der Waals surface area contributed by atoms with Gasteiger partial charge in [-0.2, -0.15) is 0 Å². The molecule has 0 aromatic heterocycles. The number of amides is 1. The van der Waals surface area contributed by atoms with Gasteiger partial charge in [0.2, 0.25) is 5.91 Å². The van der Waals surface area contributed by atoms with Crippen molar-refractivity contribution in [2.24, 2.45) is 5.41 Å². The van der Waals surface area contributed by atoms with E-state index in [1.54, 1.807) is 54.3 Å². The molecule has 0 aliphatic carbocycles. The van der Waals surface area contributed by atoms with E-state index in [9.17, 15) is 23.5 Å². The minimum Gasteiger partial charge on any atom is -0.755 e. The van der Waals surface area contributed by atoms with E-state index < -0.39 is 34.7 Å². The van der Waals surface area contributed by atoms with E-state index in [0.29, 0.717) is 27.9 Å². The molecule has 11 heteroatoms. The van der Waals surface area contributed by atoms with E-state index >= 15 is 0 Å². The smallest absolute Gasteiger partial charge is 0.304 e. The van der Waals surface area contributed by atoms with Crippen LogP contribution in [0.2, 0.25) is 10.0 Å². The average molecular weight is 633 g/mol. The normalized spacial score (nSPS) is 22.0. The highest BCUT2D eigenvalue weighted by Gasteiger charge is 2.52. The molecule has 0 bridgehead atoms. The van der Waals surface area contributed by atoms with Gasteiger partial charge in [0.15, 0.2) is 0 Å². The van der Waals surface area contributed by atoms with Crippen LogP contribution in [0.4, 0.5) is 5.69 Å². The highest BCUT2D eigenvalue weighted by atomic mass is 35.5. The second-order valence-electron chi connectivity index (χ2n) is 10.7. The minimum atomic E-state index is -2.66. The van der Waals surface area contributed by atoms with E-state index in [2.05, 4.69) is 0 Å². The number of carbonyl (C=O) groups excluding carboxylic acids is 1. The fraction of sp³-hybridized carbons (Fsp3) is 0.355. The van der Waals surface area contributed by atoms with Gasteiger partial charge in [-0.3, -0.25) is 13.8 Å². The van der Waals surface area contributed by atoms with Crippen molar-refractivity contribution >= 4 is 52.0 Å². The fourth-order valence-electron chi connectivity index (χ4n) is 5.89. The number of ether oxygens (including phenoxy) is 1. The summed E-state index contributed by atoms with van der Waals surface area (Å²) in [6, 6.07) is 20.0. The zero-order valence-electron chi connectivity index (χ0n) is 23.5. The highest BCUT2D eigenvalue weighted by Crippen LogP contribution is 2.52. The van der Waals surface area contributed by atoms with Crippen LogP contribution in [0.1, 0.15) is 56.2 Å². The monoisotopic (exact) mass is 631 g/mol.